The minimum absolute atomic E-state index is 0.00362. The Labute approximate surface area is 90.0 Å². The summed E-state index contributed by atoms with van der Waals surface area (Å²) in [5, 5.41) is 8.86. The van der Waals surface area contributed by atoms with E-state index in [1.807, 2.05) is 7.05 Å². The summed E-state index contributed by atoms with van der Waals surface area (Å²) in [5.41, 5.74) is 0.756. The maximum absolute atomic E-state index is 8.86. The molecule has 0 aliphatic heterocycles. The van der Waals surface area contributed by atoms with Crippen LogP contribution >= 0.6 is 0 Å². The Morgan fingerprint density at radius 1 is 1.47 bits per heavy atom. The normalized spacial score (nSPS) is 23.9. The molecular weight excluding hydrogens is 190 g/mol. The number of aromatic nitrogens is 2. The van der Waals surface area contributed by atoms with Gasteiger partial charge in [-0.2, -0.15) is 0 Å². The maximum Gasteiger partial charge on any atom is 0.225 e. The van der Waals surface area contributed by atoms with Gasteiger partial charge in [-0.3, -0.25) is 0 Å². The van der Waals surface area contributed by atoms with Crippen LogP contribution in [0.2, 0.25) is 0 Å². The molecule has 0 radical (unpaired) electrons. The zero-order valence-electron chi connectivity index (χ0n) is 9.22. The SMILES string of the molecule is CC1CC1CN(C)c1ncc(CO)cn1. The van der Waals surface area contributed by atoms with Crippen LogP contribution in [-0.2, 0) is 6.61 Å². The Morgan fingerprint density at radius 2 is 2.07 bits per heavy atom. The summed E-state index contributed by atoms with van der Waals surface area (Å²) in [5.74, 6) is 2.39. The number of hydrogen-bond donors (Lipinski definition) is 1. The number of hydrogen-bond acceptors (Lipinski definition) is 4. The number of anilines is 1. The van der Waals surface area contributed by atoms with Crippen LogP contribution in [-0.4, -0.2) is 28.7 Å². The first-order valence-electron chi connectivity index (χ1n) is 5.33. The van der Waals surface area contributed by atoms with Crippen LogP contribution in [0.3, 0.4) is 0 Å². The van der Waals surface area contributed by atoms with E-state index in [1.165, 1.54) is 6.42 Å². The molecule has 1 aromatic rings. The lowest BCUT2D eigenvalue weighted by Crippen LogP contribution is -2.22. The van der Waals surface area contributed by atoms with Gasteiger partial charge in [-0.05, 0) is 18.3 Å². The molecule has 0 bridgehead atoms. The van der Waals surface area contributed by atoms with Crippen molar-refractivity contribution in [3.8, 4) is 0 Å². The molecule has 1 heterocycles. The topological polar surface area (TPSA) is 49.2 Å². The van der Waals surface area contributed by atoms with Crippen molar-refractivity contribution in [1.82, 2.24) is 9.97 Å². The van der Waals surface area contributed by atoms with E-state index in [2.05, 4.69) is 21.8 Å². The van der Waals surface area contributed by atoms with E-state index in [1.54, 1.807) is 12.4 Å². The fourth-order valence-electron chi connectivity index (χ4n) is 1.71. The molecular formula is C11H17N3O. The first-order valence-corrected chi connectivity index (χ1v) is 5.33. The zero-order chi connectivity index (χ0) is 10.8. The predicted octanol–water partition coefficient (Wildman–Crippen LogP) is 1.06. The fourth-order valence-corrected chi connectivity index (χ4v) is 1.71. The van der Waals surface area contributed by atoms with Crippen molar-refractivity contribution in [2.24, 2.45) is 11.8 Å². The molecule has 1 aromatic heterocycles. The van der Waals surface area contributed by atoms with E-state index in [0.29, 0.717) is 0 Å². The maximum atomic E-state index is 8.86. The number of aliphatic hydroxyl groups excluding tert-OH is 1. The lowest BCUT2D eigenvalue weighted by atomic mass is 10.3. The van der Waals surface area contributed by atoms with Crippen LogP contribution in [0.1, 0.15) is 18.9 Å². The van der Waals surface area contributed by atoms with Crippen LogP contribution < -0.4 is 4.90 Å². The van der Waals surface area contributed by atoms with Crippen molar-refractivity contribution in [3.05, 3.63) is 18.0 Å². The molecule has 1 N–H and O–H groups in total. The standard InChI is InChI=1S/C11H17N3O/c1-8-3-10(8)6-14(2)11-12-4-9(7-15)5-13-11/h4-5,8,10,15H,3,6-7H2,1-2H3. The van der Waals surface area contributed by atoms with E-state index in [-0.39, 0.29) is 6.61 Å². The van der Waals surface area contributed by atoms with E-state index in [4.69, 9.17) is 5.11 Å². The molecule has 0 saturated heterocycles. The average Bonchev–Trinajstić information content (AvgIpc) is 2.94. The van der Waals surface area contributed by atoms with Crippen molar-refractivity contribution in [1.29, 1.82) is 0 Å². The monoisotopic (exact) mass is 207 g/mol. The number of nitrogens with zero attached hydrogens (tertiary/aromatic N) is 3. The van der Waals surface area contributed by atoms with Gasteiger partial charge in [0.1, 0.15) is 0 Å². The first-order chi connectivity index (χ1) is 7.20. The molecule has 1 aliphatic carbocycles. The third kappa shape index (κ3) is 2.45. The van der Waals surface area contributed by atoms with E-state index >= 15 is 0 Å². The van der Waals surface area contributed by atoms with Crippen LogP contribution in [0.5, 0.6) is 0 Å². The van der Waals surface area contributed by atoms with Gasteiger partial charge < -0.3 is 10.0 Å². The lowest BCUT2D eigenvalue weighted by Gasteiger charge is -2.16. The van der Waals surface area contributed by atoms with Crippen molar-refractivity contribution >= 4 is 5.95 Å². The Balaban J connectivity index is 1.95. The van der Waals surface area contributed by atoms with Gasteiger partial charge in [0.15, 0.2) is 0 Å². The first kappa shape index (κ1) is 10.4. The summed E-state index contributed by atoms with van der Waals surface area (Å²) in [6.45, 7) is 3.30. The van der Waals surface area contributed by atoms with Crippen molar-refractivity contribution in [2.75, 3.05) is 18.5 Å². The molecule has 2 unspecified atom stereocenters. The minimum Gasteiger partial charge on any atom is -0.392 e. The molecule has 4 nitrogen and oxygen atoms in total. The average molecular weight is 207 g/mol. The van der Waals surface area contributed by atoms with Crippen molar-refractivity contribution in [3.63, 3.8) is 0 Å². The fraction of sp³-hybridized carbons (Fsp3) is 0.636. The van der Waals surface area contributed by atoms with Crippen molar-refractivity contribution < 1.29 is 5.11 Å². The summed E-state index contributed by atoms with van der Waals surface area (Å²) in [7, 11) is 2.01. The van der Waals surface area contributed by atoms with Crippen LogP contribution in [0.25, 0.3) is 0 Å². The van der Waals surface area contributed by atoms with E-state index < -0.39 is 0 Å². The van der Waals surface area contributed by atoms with Gasteiger partial charge in [0.2, 0.25) is 5.95 Å². The molecule has 1 saturated carbocycles. The summed E-state index contributed by atoms with van der Waals surface area (Å²) >= 11 is 0. The summed E-state index contributed by atoms with van der Waals surface area (Å²) in [6, 6.07) is 0. The van der Waals surface area contributed by atoms with Gasteiger partial charge in [-0.25, -0.2) is 9.97 Å². The largest absolute Gasteiger partial charge is 0.392 e. The smallest absolute Gasteiger partial charge is 0.225 e. The Kier molecular flexibility index (Phi) is 2.86. The second-order valence-electron chi connectivity index (χ2n) is 4.40. The van der Waals surface area contributed by atoms with Crippen LogP contribution in [0, 0.1) is 11.8 Å². The Hall–Kier alpha value is -1.16. The highest BCUT2D eigenvalue weighted by Gasteiger charge is 2.33. The van der Waals surface area contributed by atoms with Crippen LogP contribution in [0.15, 0.2) is 12.4 Å². The molecule has 0 spiro atoms. The second kappa shape index (κ2) is 4.14. The third-order valence-corrected chi connectivity index (χ3v) is 3.00. The van der Waals surface area contributed by atoms with Crippen molar-refractivity contribution in [2.45, 2.75) is 20.0 Å². The highest BCUT2D eigenvalue weighted by atomic mass is 16.3. The molecule has 0 aromatic carbocycles. The quantitative estimate of drug-likeness (QED) is 0.802. The second-order valence-corrected chi connectivity index (χ2v) is 4.40. The van der Waals surface area contributed by atoms with E-state index in [9.17, 15) is 0 Å². The molecule has 2 rings (SSSR count). The number of aliphatic hydroxyl groups is 1. The van der Waals surface area contributed by atoms with Gasteiger partial charge in [0.05, 0.1) is 6.61 Å². The molecule has 15 heavy (non-hydrogen) atoms. The Morgan fingerprint density at radius 3 is 2.53 bits per heavy atom. The molecule has 2 atom stereocenters. The summed E-state index contributed by atoms with van der Waals surface area (Å²) in [6.07, 6.45) is 4.67. The van der Waals surface area contributed by atoms with Gasteiger partial charge in [0.25, 0.3) is 0 Å². The third-order valence-electron chi connectivity index (χ3n) is 3.00. The minimum atomic E-state index is 0.00362. The molecule has 1 aliphatic rings. The highest BCUT2D eigenvalue weighted by molar-refractivity contribution is 5.28. The molecule has 1 fully saturated rings. The van der Waals surface area contributed by atoms with E-state index in [0.717, 1.165) is 29.9 Å². The molecule has 0 amide bonds. The summed E-state index contributed by atoms with van der Waals surface area (Å²) in [4.78, 5) is 10.5. The number of rotatable bonds is 4. The summed E-state index contributed by atoms with van der Waals surface area (Å²) < 4.78 is 0. The van der Waals surface area contributed by atoms with Gasteiger partial charge in [0, 0.05) is 31.5 Å². The predicted molar refractivity (Wildman–Crippen MR) is 58.5 cm³/mol. The van der Waals surface area contributed by atoms with Gasteiger partial charge in [-0.1, -0.05) is 6.92 Å². The Bertz CT molecular complexity index is 325. The zero-order valence-corrected chi connectivity index (χ0v) is 9.22. The lowest BCUT2D eigenvalue weighted by molar-refractivity contribution is 0.281. The van der Waals surface area contributed by atoms with Crippen LogP contribution in [0.4, 0.5) is 5.95 Å². The van der Waals surface area contributed by atoms with Gasteiger partial charge >= 0.3 is 0 Å². The highest BCUT2D eigenvalue weighted by Crippen LogP contribution is 2.38. The van der Waals surface area contributed by atoms with Gasteiger partial charge in [-0.15, -0.1) is 0 Å². The molecule has 4 heteroatoms. The molecule has 82 valence electrons.